The average molecular weight is 308 g/mol. The van der Waals surface area contributed by atoms with E-state index in [0.29, 0.717) is 18.4 Å². The van der Waals surface area contributed by atoms with Gasteiger partial charge in [-0.1, -0.05) is 6.92 Å². The molecule has 0 aromatic carbocycles. The summed E-state index contributed by atoms with van der Waals surface area (Å²) in [4.78, 5) is 14.6. The van der Waals surface area contributed by atoms with E-state index in [1.54, 1.807) is 0 Å². The Balaban J connectivity index is 1.67. The van der Waals surface area contributed by atoms with Gasteiger partial charge in [0.15, 0.2) is 0 Å². The van der Waals surface area contributed by atoms with Gasteiger partial charge in [-0.15, -0.1) is 0 Å². The van der Waals surface area contributed by atoms with Crippen molar-refractivity contribution in [1.82, 2.24) is 24.4 Å². The molecule has 0 radical (unpaired) electrons. The fourth-order valence-corrected chi connectivity index (χ4v) is 3.83. The summed E-state index contributed by atoms with van der Waals surface area (Å²) in [7, 11) is 0. The van der Waals surface area contributed by atoms with Crippen LogP contribution in [0.1, 0.15) is 25.8 Å². The fourth-order valence-electron chi connectivity index (χ4n) is 3.83. The molecule has 1 saturated heterocycles. The molecule has 2 atom stereocenters. The highest BCUT2D eigenvalue weighted by atomic mass is 15.2. The quantitative estimate of drug-likeness (QED) is 0.807. The van der Waals surface area contributed by atoms with Crippen molar-refractivity contribution < 1.29 is 0 Å². The van der Waals surface area contributed by atoms with Crippen LogP contribution in [0.5, 0.6) is 0 Å². The topological polar surface area (TPSA) is 73.5 Å². The number of likely N-dealkylation sites (tertiary alicyclic amines) is 1. The Bertz CT molecular complexity index is 870. The Labute approximate surface area is 134 Å². The van der Waals surface area contributed by atoms with Crippen LogP contribution in [0.25, 0.3) is 22.1 Å². The summed E-state index contributed by atoms with van der Waals surface area (Å²) in [6.07, 6.45) is 7.44. The van der Waals surface area contributed by atoms with Crippen molar-refractivity contribution in [2.45, 2.75) is 25.8 Å². The monoisotopic (exact) mass is 308 g/mol. The van der Waals surface area contributed by atoms with Crippen molar-refractivity contribution in [1.29, 1.82) is 5.26 Å². The molecule has 0 aliphatic carbocycles. The molecule has 3 aromatic rings. The second kappa shape index (κ2) is 5.67. The number of piperidine rings is 1. The average Bonchev–Trinajstić information content (AvgIpc) is 3.18. The molecule has 2 unspecified atom stereocenters. The summed E-state index contributed by atoms with van der Waals surface area (Å²) < 4.78 is 2.33. The maximum absolute atomic E-state index is 8.77. The number of nitrogens with zero attached hydrogens (tertiary/aromatic N) is 5. The molecule has 1 aliphatic heterocycles. The summed E-state index contributed by atoms with van der Waals surface area (Å²) in [6, 6.07) is 4.76. The number of pyridine rings is 1. The molecular weight excluding hydrogens is 288 g/mol. The smallest absolute Gasteiger partial charge is 0.139 e. The SMILES string of the molecule is CC1CN(CCC#N)CCC1n1cnc2cnc3[nH]ccc3c21. The number of hydrogen-bond acceptors (Lipinski definition) is 4. The molecule has 4 heterocycles. The summed E-state index contributed by atoms with van der Waals surface area (Å²) in [5.41, 5.74) is 3.05. The summed E-state index contributed by atoms with van der Waals surface area (Å²) in [6.45, 7) is 5.25. The molecule has 0 amide bonds. The molecule has 3 aromatic heterocycles. The van der Waals surface area contributed by atoms with E-state index in [4.69, 9.17) is 5.26 Å². The lowest BCUT2D eigenvalue weighted by Crippen LogP contribution is -2.40. The Kier molecular flexibility index (Phi) is 3.50. The first-order valence-corrected chi connectivity index (χ1v) is 8.16. The van der Waals surface area contributed by atoms with E-state index in [1.807, 2.05) is 18.7 Å². The van der Waals surface area contributed by atoms with Crippen molar-refractivity contribution in [3.05, 3.63) is 24.8 Å². The van der Waals surface area contributed by atoms with Crippen molar-refractivity contribution in [2.24, 2.45) is 5.92 Å². The molecule has 0 saturated carbocycles. The fraction of sp³-hybridized carbons (Fsp3) is 0.471. The maximum Gasteiger partial charge on any atom is 0.139 e. The lowest BCUT2D eigenvalue weighted by molar-refractivity contribution is 0.137. The zero-order valence-electron chi connectivity index (χ0n) is 13.2. The largest absolute Gasteiger partial charge is 0.346 e. The number of aromatic amines is 1. The van der Waals surface area contributed by atoms with E-state index in [2.05, 4.69) is 43.5 Å². The van der Waals surface area contributed by atoms with Crippen molar-refractivity contribution in [3.63, 3.8) is 0 Å². The molecule has 118 valence electrons. The van der Waals surface area contributed by atoms with Gasteiger partial charge in [0.1, 0.15) is 11.2 Å². The van der Waals surface area contributed by atoms with E-state index in [9.17, 15) is 0 Å². The number of aromatic nitrogens is 4. The van der Waals surface area contributed by atoms with Crippen LogP contribution in [0.3, 0.4) is 0 Å². The van der Waals surface area contributed by atoms with Gasteiger partial charge in [-0.3, -0.25) is 0 Å². The van der Waals surface area contributed by atoms with Crippen LogP contribution >= 0.6 is 0 Å². The zero-order valence-corrected chi connectivity index (χ0v) is 13.2. The van der Waals surface area contributed by atoms with Gasteiger partial charge in [0.2, 0.25) is 0 Å². The number of nitrogens with one attached hydrogen (secondary N) is 1. The third-order valence-corrected chi connectivity index (χ3v) is 4.96. The second-order valence-electron chi connectivity index (χ2n) is 6.43. The Morgan fingerprint density at radius 1 is 1.43 bits per heavy atom. The van der Waals surface area contributed by atoms with Crippen LogP contribution < -0.4 is 0 Å². The zero-order chi connectivity index (χ0) is 15.8. The Morgan fingerprint density at radius 3 is 3.17 bits per heavy atom. The van der Waals surface area contributed by atoms with Gasteiger partial charge in [-0.2, -0.15) is 5.26 Å². The summed E-state index contributed by atoms with van der Waals surface area (Å²) in [5.74, 6) is 0.530. The first-order chi connectivity index (χ1) is 11.3. The van der Waals surface area contributed by atoms with Gasteiger partial charge in [0, 0.05) is 43.7 Å². The number of rotatable bonds is 3. The van der Waals surface area contributed by atoms with Gasteiger partial charge in [0.05, 0.1) is 24.1 Å². The third-order valence-electron chi connectivity index (χ3n) is 4.96. The van der Waals surface area contributed by atoms with E-state index >= 15 is 0 Å². The first-order valence-electron chi connectivity index (χ1n) is 8.16. The molecular formula is C17H20N6. The number of hydrogen-bond donors (Lipinski definition) is 1. The molecule has 0 bridgehead atoms. The lowest BCUT2D eigenvalue weighted by atomic mass is 9.93. The van der Waals surface area contributed by atoms with Gasteiger partial charge in [-0.05, 0) is 18.4 Å². The van der Waals surface area contributed by atoms with E-state index in [1.165, 1.54) is 5.52 Å². The number of H-pyrrole nitrogens is 1. The van der Waals surface area contributed by atoms with Crippen LogP contribution in [0.2, 0.25) is 0 Å². The maximum atomic E-state index is 8.77. The van der Waals surface area contributed by atoms with Crippen molar-refractivity contribution in [2.75, 3.05) is 19.6 Å². The third kappa shape index (κ3) is 2.37. The standard InChI is InChI=1S/C17H20N6/c1-12-10-22(7-2-5-18)8-4-15(12)23-11-21-14-9-20-17-13(16(14)23)3-6-19-17/h3,6,9,11-12,15H,2,4,7-8,10H2,1H3,(H,19,20). The highest BCUT2D eigenvalue weighted by Gasteiger charge is 2.28. The minimum Gasteiger partial charge on any atom is -0.346 e. The lowest BCUT2D eigenvalue weighted by Gasteiger charge is -2.37. The van der Waals surface area contributed by atoms with Crippen molar-refractivity contribution >= 4 is 22.1 Å². The highest BCUT2D eigenvalue weighted by Crippen LogP contribution is 2.33. The number of imidazole rings is 1. The highest BCUT2D eigenvalue weighted by molar-refractivity contribution is 6.00. The molecule has 6 heteroatoms. The molecule has 1 N–H and O–H groups in total. The van der Waals surface area contributed by atoms with Crippen LogP contribution in [0.4, 0.5) is 0 Å². The molecule has 23 heavy (non-hydrogen) atoms. The molecule has 1 fully saturated rings. The van der Waals surface area contributed by atoms with E-state index in [0.717, 1.165) is 42.6 Å². The molecule has 4 rings (SSSR count). The number of nitriles is 1. The number of fused-ring (bicyclic) bond motifs is 3. The van der Waals surface area contributed by atoms with Crippen LogP contribution in [0, 0.1) is 17.2 Å². The van der Waals surface area contributed by atoms with E-state index in [-0.39, 0.29) is 0 Å². The second-order valence-corrected chi connectivity index (χ2v) is 6.43. The van der Waals surface area contributed by atoms with E-state index < -0.39 is 0 Å². The van der Waals surface area contributed by atoms with Gasteiger partial charge in [0.25, 0.3) is 0 Å². The van der Waals surface area contributed by atoms with Crippen LogP contribution in [-0.4, -0.2) is 44.1 Å². The Hall–Kier alpha value is -2.39. The van der Waals surface area contributed by atoms with Gasteiger partial charge >= 0.3 is 0 Å². The minimum atomic E-state index is 0.443. The summed E-state index contributed by atoms with van der Waals surface area (Å²) >= 11 is 0. The first kappa shape index (κ1) is 14.2. The van der Waals surface area contributed by atoms with Gasteiger partial charge in [-0.25, -0.2) is 9.97 Å². The predicted octanol–water partition coefficient (Wildman–Crippen LogP) is 2.71. The van der Waals surface area contributed by atoms with Crippen LogP contribution in [-0.2, 0) is 0 Å². The molecule has 1 aliphatic rings. The molecule has 0 spiro atoms. The van der Waals surface area contributed by atoms with Crippen LogP contribution in [0.15, 0.2) is 24.8 Å². The Morgan fingerprint density at radius 2 is 2.35 bits per heavy atom. The van der Waals surface area contributed by atoms with Crippen molar-refractivity contribution in [3.8, 4) is 6.07 Å². The normalized spacial score (nSPS) is 22.6. The minimum absolute atomic E-state index is 0.443. The summed E-state index contributed by atoms with van der Waals surface area (Å²) in [5, 5.41) is 9.90. The molecule has 6 nitrogen and oxygen atoms in total. The van der Waals surface area contributed by atoms with Gasteiger partial charge < -0.3 is 14.5 Å². The predicted molar refractivity (Wildman–Crippen MR) is 88.9 cm³/mol.